The maximum absolute atomic E-state index is 12.4. The highest BCUT2D eigenvalue weighted by molar-refractivity contribution is 6.11. The quantitative estimate of drug-likeness (QED) is 0.618. The van der Waals surface area contributed by atoms with E-state index in [1.165, 1.54) is 0 Å². The fourth-order valence-electron chi connectivity index (χ4n) is 2.34. The van der Waals surface area contributed by atoms with E-state index in [0.717, 1.165) is 6.42 Å². The second-order valence-corrected chi connectivity index (χ2v) is 4.54. The van der Waals surface area contributed by atoms with Gasteiger partial charge in [-0.05, 0) is 25.5 Å². The van der Waals surface area contributed by atoms with Crippen molar-refractivity contribution in [2.24, 2.45) is 5.92 Å². The number of hydrogen-bond donors (Lipinski definition) is 0. The van der Waals surface area contributed by atoms with E-state index in [1.54, 1.807) is 25.1 Å². The zero-order valence-electron chi connectivity index (χ0n) is 11.2. The van der Waals surface area contributed by atoms with Crippen LogP contribution >= 0.6 is 0 Å². The maximum Gasteiger partial charge on any atom is 0.320 e. The molecule has 1 heterocycles. The van der Waals surface area contributed by atoms with Gasteiger partial charge in [-0.15, -0.1) is 0 Å². The van der Waals surface area contributed by atoms with Crippen LogP contribution in [0.25, 0.3) is 0 Å². The molecule has 1 aromatic carbocycles. The van der Waals surface area contributed by atoms with Gasteiger partial charge in [0.1, 0.15) is 11.9 Å². The first-order chi connectivity index (χ1) is 9.19. The molecular weight excluding hydrogens is 244 g/mol. The van der Waals surface area contributed by atoms with Gasteiger partial charge in [0.2, 0.25) is 0 Å². The maximum atomic E-state index is 12.4. The molecule has 0 spiro atoms. The van der Waals surface area contributed by atoms with Crippen LogP contribution in [-0.2, 0) is 9.53 Å². The largest absolute Gasteiger partial charge is 0.488 e. The van der Waals surface area contributed by atoms with Crippen LogP contribution in [0, 0.1) is 5.92 Å². The minimum Gasteiger partial charge on any atom is -0.488 e. The highest BCUT2D eigenvalue weighted by atomic mass is 16.5. The standard InChI is InChI=1S/C15H18O4/c1-3-7-12-13(15(17)18-4-2)14(16)10-8-5-6-9-11(10)19-12/h5-6,8-9,12-13H,3-4,7H2,1-2H3. The van der Waals surface area contributed by atoms with Crippen LogP contribution in [0.5, 0.6) is 5.75 Å². The van der Waals surface area contributed by atoms with Crippen molar-refractivity contribution in [2.45, 2.75) is 32.8 Å². The minimum atomic E-state index is -0.838. The predicted octanol–water partition coefficient (Wildman–Crippen LogP) is 2.61. The number of ketones is 1. The molecular formula is C15H18O4. The molecule has 1 aromatic rings. The molecule has 0 saturated carbocycles. The van der Waals surface area contributed by atoms with Gasteiger partial charge < -0.3 is 9.47 Å². The Labute approximate surface area is 112 Å². The molecule has 0 fully saturated rings. The van der Waals surface area contributed by atoms with Gasteiger partial charge in [0.05, 0.1) is 12.2 Å². The van der Waals surface area contributed by atoms with Gasteiger partial charge in [0, 0.05) is 0 Å². The predicted molar refractivity (Wildman–Crippen MR) is 70.2 cm³/mol. The number of carbonyl (C=O) groups is 2. The van der Waals surface area contributed by atoms with Crippen LogP contribution in [0.4, 0.5) is 0 Å². The molecule has 0 bridgehead atoms. The molecule has 0 N–H and O–H groups in total. The van der Waals surface area contributed by atoms with Crippen LogP contribution in [0.2, 0.25) is 0 Å². The van der Waals surface area contributed by atoms with E-state index in [1.807, 2.05) is 13.0 Å². The molecule has 2 unspecified atom stereocenters. The number of benzene rings is 1. The summed E-state index contributed by atoms with van der Waals surface area (Å²) in [4.78, 5) is 24.4. The Balaban J connectivity index is 2.34. The third-order valence-corrected chi connectivity index (χ3v) is 3.20. The molecule has 1 aliphatic heterocycles. The van der Waals surface area contributed by atoms with Crippen LogP contribution in [0.3, 0.4) is 0 Å². The van der Waals surface area contributed by atoms with Crippen molar-refractivity contribution in [1.29, 1.82) is 0 Å². The number of ether oxygens (including phenoxy) is 2. The lowest BCUT2D eigenvalue weighted by Gasteiger charge is -2.30. The van der Waals surface area contributed by atoms with E-state index in [4.69, 9.17) is 9.47 Å². The van der Waals surface area contributed by atoms with Crippen molar-refractivity contribution in [1.82, 2.24) is 0 Å². The number of carbonyl (C=O) groups excluding carboxylic acids is 2. The summed E-state index contributed by atoms with van der Waals surface area (Å²) in [5.74, 6) is -0.958. The second kappa shape index (κ2) is 5.87. The van der Waals surface area contributed by atoms with E-state index in [9.17, 15) is 9.59 Å². The van der Waals surface area contributed by atoms with Crippen molar-refractivity contribution in [3.05, 3.63) is 29.8 Å². The molecule has 0 radical (unpaired) electrons. The Bertz CT molecular complexity index is 481. The molecule has 4 heteroatoms. The first-order valence-electron chi connectivity index (χ1n) is 6.65. The Morgan fingerprint density at radius 2 is 2.05 bits per heavy atom. The van der Waals surface area contributed by atoms with Crippen LogP contribution in [-0.4, -0.2) is 24.5 Å². The average molecular weight is 262 g/mol. The molecule has 0 saturated heterocycles. The summed E-state index contributed by atoms with van der Waals surface area (Å²) in [5.41, 5.74) is 0.466. The monoisotopic (exact) mass is 262 g/mol. The van der Waals surface area contributed by atoms with Crippen molar-refractivity contribution in [2.75, 3.05) is 6.61 Å². The van der Waals surface area contributed by atoms with Gasteiger partial charge >= 0.3 is 5.97 Å². The second-order valence-electron chi connectivity index (χ2n) is 4.54. The molecule has 0 aromatic heterocycles. The smallest absolute Gasteiger partial charge is 0.320 e. The molecule has 0 amide bonds. The summed E-state index contributed by atoms with van der Waals surface area (Å²) in [7, 11) is 0. The number of fused-ring (bicyclic) bond motifs is 1. The Morgan fingerprint density at radius 3 is 2.74 bits per heavy atom. The molecule has 4 nitrogen and oxygen atoms in total. The Morgan fingerprint density at radius 1 is 1.32 bits per heavy atom. The Kier molecular flexibility index (Phi) is 4.20. The van der Waals surface area contributed by atoms with Crippen molar-refractivity contribution in [3.8, 4) is 5.75 Å². The number of para-hydroxylation sites is 1. The van der Waals surface area contributed by atoms with Gasteiger partial charge in [0.25, 0.3) is 0 Å². The lowest BCUT2D eigenvalue weighted by atomic mass is 9.87. The lowest BCUT2D eigenvalue weighted by Crippen LogP contribution is -2.43. The van der Waals surface area contributed by atoms with Crippen LogP contribution in [0.15, 0.2) is 24.3 Å². The highest BCUT2D eigenvalue weighted by Gasteiger charge is 2.42. The fourth-order valence-corrected chi connectivity index (χ4v) is 2.34. The summed E-state index contributed by atoms with van der Waals surface area (Å²) >= 11 is 0. The first kappa shape index (κ1) is 13.6. The van der Waals surface area contributed by atoms with Crippen LogP contribution < -0.4 is 4.74 Å². The van der Waals surface area contributed by atoms with Gasteiger partial charge in [-0.25, -0.2) is 0 Å². The number of esters is 1. The number of Topliss-reactive ketones (excluding diaryl/α,β-unsaturated/α-hetero) is 1. The topological polar surface area (TPSA) is 52.6 Å². The number of rotatable bonds is 4. The van der Waals surface area contributed by atoms with Crippen LogP contribution in [0.1, 0.15) is 37.0 Å². The molecule has 2 rings (SSSR count). The summed E-state index contributed by atoms with van der Waals surface area (Å²) in [5, 5.41) is 0. The van der Waals surface area contributed by atoms with E-state index >= 15 is 0 Å². The van der Waals surface area contributed by atoms with E-state index in [0.29, 0.717) is 17.7 Å². The fraction of sp³-hybridized carbons (Fsp3) is 0.467. The van der Waals surface area contributed by atoms with Gasteiger partial charge in [-0.3, -0.25) is 9.59 Å². The lowest BCUT2D eigenvalue weighted by molar-refractivity contribution is -0.149. The van der Waals surface area contributed by atoms with Gasteiger partial charge in [-0.1, -0.05) is 25.5 Å². The minimum absolute atomic E-state index is 0.196. The molecule has 2 atom stereocenters. The summed E-state index contributed by atoms with van der Waals surface area (Å²) in [6.07, 6.45) is 1.07. The van der Waals surface area contributed by atoms with Crippen molar-refractivity contribution >= 4 is 11.8 Å². The van der Waals surface area contributed by atoms with Gasteiger partial charge in [-0.2, -0.15) is 0 Å². The first-order valence-corrected chi connectivity index (χ1v) is 6.65. The molecule has 1 aliphatic rings. The van der Waals surface area contributed by atoms with Gasteiger partial charge in [0.15, 0.2) is 11.7 Å². The average Bonchev–Trinajstić information content (AvgIpc) is 2.39. The Hall–Kier alpha value is -1.84. The van der Waals surface area contributed by atoms with E-state index in [-0.39, 0.29) is 12.4 Å². The highest BCUT2D eigenvalue weighted by Crippen LogP contribution is 2.33. The normalized spacial score (nSPS) is 21.5. The van der Waals surface area contributed by atoms with Crippen molar-refractivity contribution in [3.63, 3.8) is 0 Å². The zero-order chi connectivity index (χ0) is 13.8. The summed E-state index contributed by atoms with van der Waals surface area (Å²) < 4.78 is 10.8. The number of hydrogen-bond acceptors (Lipinski definition) is 4. The van der Waals surface area contributed by atoms with E-state index in [2.05, 4.69) is 0 Å². The molecule has 0 aliphatic carbocycles. The summed E-state index contributed by atoms with van der Waals surface area (Å²) in [6.45, 7) is 3.99. The SMILES string of the molecule is CCCC1Oc2ccccc2C(=O)C1C(=O)OCC. The third kappa shape index (κ3) is 2.62. The third-order valence-electron chi connectivity index (χ3n) is 3.20. The molecule has 102 valence electrons. The molecule has 19 heavy (non-hydrogen) atoms. The summed E-state index contributed by atoms with van der Waals surface area (Å²) in [6, 6.07) is 7.03. The zero-order valence-corrected chi connectivity index (χ0v) is 11.2. The van der Waals surface area contributed by atoms with Crippen molar-refractivity contribution < 1.29 is 19.1 Å². The van der Waals surface area contributed by atoms with E-state index < -0.39 is 18.0 Å².